The number of H-pyrrole nitrogens is 1. The predicted octanol–water partition coefficient (Wildman–Crippen LogP) is 1.43. The van der Waals surface area contributed by atoms with E-state index in [4.69, 9.17) is 0 Å². The second-order valence-electron chi connectivity index (χ2n) is 4.80. The van der Waals surface area contributed by atoms with Crippen molar-refractivity contribution in [3.05, 3.63) is 36.0 Å². The van der Waals surface area contributed by atoms with E-state index in [1.165, 1.54) is 4.90 Å². The van der Waals surface area contributed by atoms with Gasteiger partial charge in [-0.25, -0.2) is 9.59 Å². The number of aromatic nitrogens is 1. The summed E-state index contributed by atoms with van der Waals surface area (Å²) in [6.07, 6.45) is 2.02. The summed E-state index contributed by atoms with van der Waals surface area (Å²) < 4.78 is 0. The monoisotopic (exact) mass is 275 g/mol. The molecule has 20 heavy (non-hydrogen) atoms. The normalized spacial score (nSPS) is 12.1. The topological polar surface area (TPSA) is 85.4 Å². The molecule has 0 aliphatic heterocycles. The van der Waals surface area contributed by atoms with Crippen LogP contribution < -0.4 is 5.32 Å². The number of aromatic amines is 1. The van der Waals surface area contributed by atoms with Gasteiger partial charge in [0.25, 0.3) is 0 Å². The molecule has 0 aliphatic carbocycles. The van der Waals surface area contributed by atoms with Crippen LogP contribution in [-0.4, -0.2) is 47.1 Å². The fraction of sp³-hybridized carbons (Fsp3) is 0.286. The van der Waals surface area contributed by atoms with E-state index in [0.29, 0.717) is 0 Å². The maximum atomic E-state index is 11.6. The summed E-state index contributed by atoms with van der Waals surface area (Å²) in [5, 5.41) is 12.7. The van der Waals surface area contributed by atoms with Crippen molar-refractivity contribution >= 4 is 22.9 Å². The molecule has 0 radical (unpaired) electrons. The lowest BCUT2D eigenvalue weighted by Gasteiger charge is -2.17. The Hall–Kier alpha value is -2.50. The second kappa shape index (κ2) is 5.64. The first-order valence-corrected chi connectivity index (χ1v) is 6.24. The molecule has 1 aromatic carbocycles. The number of hydrogen-bond donors (Lipinski definition) is 3. The van der Waals surface area contributed by atoms with Crippen molar-refractivity contribution in [2.24, 2.45) is 0 Å². The van der Waals surface area contributed by atoms with Crippen LogP contribution in [0, 0.1) is 0 Å². The summed E-state index contributed by atoms with van der Waals surface area (Å²) in [7, 11) is 3.14. The van der Waals surface area contributed by atoms with E-state index in [-0.39, 0.29) is 6.42 Å². The summed E-state index contributed by atoms with van der Waals surface area (Å²) >= 11 is 0. The molecule has 6 nitrogen and oxygen atoms in total. The third-order valence-electron chi connectivity index (χ3n) is 3.10. The van der Waals surface area contributed by atoms with E-state index < -0.39 is 18.0 Å². The van der Waals surface area contributed by atoms with Gasteiger partial charge in [-0.3, -0.25) is 0 Å². The molecular weight excluding hydrogens is 258 g/mol. The molecule has 0 unspecified atom stereocenters. The highest BCUT2D eigenvalue weighted by molar-refractivity contribution is 5.86. The van der Waals surface area contributed by atoms with Gasteiger partial charge in [0.1, 0.15) is 6.04 Å². The molecule has 3 N–H and O–H groups in total. The number of carboxylic acids is 1. The average molecular weight is 275 g/mol. The first-order chi connectivity index (χ1) is 9.49. The van der Waals surface area contributed by atoms with E-state index in [2.05, 4.69) is 10.3 Å². The van der Waals surface area contributed by atoms with E-state index in [0.717, 1.165) is 16.5 Å². The Morgan fingerprint density at radius 1 is 1.35 bits per heavy atom. The molecule has 2 rings (SSSR count). The van der Waals surface area contributed by atoms with Crippen molar-refractivity contribution in [3.8, 4) is 0 Å². The number of benzene rings is 1. The molecule has 6 heteroatoms. The minimum Gasteiger partial charge on any atom is -0.480 e. The number of urea groups is 1. The van der Waals surface area contributed by atoms with Crippen LogP contribution in [0.3, 0.4) is 0 Å². The standard InChI is InChI=1S/C14H17N3O3/c1-17(2)14(20)16-12(13(18)19)7-9-8-15-11-6-4-3-5-10(9)11/h3-6,8,12,15H,7H2,1-2H3,(H,16,20)(H,18,19)/t12-/m1/s1. The lowest BCUT2D eigenvalue weighted by atomic mass is 10.1. The van der Waals surface area contributed by atoms with Crippen molar-refractivity contribution in [1.29, 1.82) is 0 Å². The van der Waals surface area contributed by atoms with Gasteiger partial charge in [0.05, 0.1) is 0 Å². The van der Waals surface area contributed by atoms with Gasteiger partial charge in [-0.15, -0.1) is 0 Å². The lowest BCUT2D eigenvalue weighted by molar-refractivity contribution is -0.139. The Kier molecular flexibility index (Phi) is 3.93. The molecule has 2 aromatic rings. The highest BCUT2D eigenvalue weighted by atomic mass is 16.4. The molecule has 1 heterocycles. The maximum absolute atomic E-state index is 11.6. The number of fused-ring (bicyclic) bond motifs is 1. The summed E-state index contributed by atoms with van der Waals surface area (Å²) in [4.78, 5) is 27.3. The van der Waals surface area contributed by atoms with Crippen molar-refractivity contribution in [1.82, 2.24) is 15.2 Å². The number of carboxylic acid groups (broad SMARTS) is 1. The van der Waals surface area contributed by atoms with Crippen LogP contribution in [0.1, 0.15) is 5.56 Å². The Bertz CT molecular complexity index is 633. The molecule has 2 amide bonds. The van der Waals surface area contributed by atoms with Crippen LogP contribution in [0.4, 0.5) is 4.79 Å². The molecule has 1 aromatic heterocycles. The molecule has 0 saturated carbocycles. The van der Waals surface area contributed by atoms with E-state index in [9.17, 15) is 14.7 Å². The number of hydrogen-bond acceptors (Lipinski definition) is 2. The molecule has 0 fully saturated rings. The van der Waals surface area contributed by atoms with Crippen molar-refractivity contribution in [3.63, 3.8) is 0 Å². The van der Waals surface area contributed by atoms with Gasteiger partial charge < -0.3 is 20.3 Å². The summed E-state index contributed by atoms with van der Waals surface area (Å²) in [6, 6.07) is 6.28. The van der Waals surface area contributed by atoms with Crippen LogP contribution in [0.5, 0.6) is 0 Å². The highest BCUT2D eigenvalue weighted by Gasteiger charge is 2.22. The molecular formula is C14H17N3O3. The SMILES string of the molecule is CN(C)C(=O)N[C@H](Cc1c[nH]c2ccccc12)C(=O)O. The van der Waals surface area contributed by atoms with Crippen molar-refractivity contribution in [2.75, 3.05) is 14.1 Å². The van der Waals surface area contributed by atoms with Crippen LogP contribution in [0.2, 0.25) is 0 Å². The number of para-hydroxylation sites is 1. The van der Waals surface area contributed by atoms with Crippen molar-refractivity contribution < 1.29 is 14.7 Å². The zero-order chi connectivity index (χ0) is 14.7. The van der Waals surface area contributed by atoms with Crippen LogP contribution >= 0.6 is 0 Å². The Balaban J connectivity index is 2.20. The largest absolute Gasteiger partial charge is 0.480 e. The zero-order valence-electron chi connectivity index (χ0n) is 11.4. The summed E-state index contributed by atoms with van der Waals surface area (Å²) in [6.45, 7) is 0. The number of carbonyl (C=O) groups excluding carboxylic acids is 1. The van der Waals surface area contributed by atoms with Gasteiger partial charge in [0.2, 0.25) is 0 Å². The predicted molar refractivity (Wildman–Crippen MR) is 75.6 cm³/mol. The van der Waals surface area contributed by atoms with Crippen LogP contribution in [0.15, 0.2) is 30.5 Å². The number of nitrogens with one attached hydrogen (secondary N) is 2. The average Bonchev–Trinajstić information content (AvgIpc) is 2.81. The zero-order valence-corrected chi connectivity index (χ0v) is 11.4. The maximum Gasteiger partial charge on any atom is 0.326 e. The van der Waals surface area contributed by atoms with E-state index >= 15 is 0 Å². The van der Waals surface area contributed by atoms with Gasteiger partial charge in [-0.05, 0) is 11.6 Å². The minimum atomic E-state index is -1.05. The van der Waals surface area contributed by atoms with Gasteiger partial charge in [0, 0.05) is 37.6 Å². The highest BCUT2D eigenvalue weighted by Crippen LogP contribution is 2.19. The van der Waals surface area contributed by atoms with E-state index in [1.54, 1.807) is 20.3 Å². The molecule has 106 valence electrons. The Morgan fingerprint density at radius 2 is 2.05 bits per heavy atom. The lowest BCUT2D eigenvalue weighted by Crippen LogP contribution is -2.46. The number of carbonyl (C=O) groups is 2. The van der Waals surface area contributed by atoms with Gasteiger partial charge >= 0.3 is 12.0 Å². The summed E-state index contributed by atoms with van der Waals surface area (Å²) in [5.74, 6) is -1.05. The fourth-order valence-electron chi connectivity index (χ4n) is 2.00. The molecule has 0 saturated heterocycles. The first-order valence-electron chi connectivity index (χ1n) is 6.24. The first kappa shape index (κ1) is 13.9. The Morgan fingerprint density at radius 3 is 2.70 bits per heavy atom. The Labute approximate surface area is 116 Å². The van der Waals surface area contributed by atoms with Crippen LogP contribution in [-0.2, 0) is 11.2 Å². The number of rotatable bonds is 4. The number of amides is 2. The second-order valence-corrected chi connectivity index (χ2v) is 4.80. The minimum absolute atomic E-state index is 0.235. The van der Waals surface area contributed by atoms with Gasteiger partial charge in [-0.2, -0.15) is 0 Å². The molecule has 1 atom stereocenters. The van der Waals surface area contributed by atoms with Gasteiger partial charge in [-0.1, -0.05) is 18.2 Å². The van der Waals surface area contributed by atoms with Crippen LogP contribution in [0.25, 0.3) is 10.9 Å². The third-order valence-corrected chi connectivity index (χ3v) is 3.10. The fourth-order valence-corrected chi connectivity index (χ4v) is 2.00. The molecule has 0 bridgehead atoms. The summed E-state index contributed by atoms with van der Waals surface area (Å²) in [5.41, 5.74) is 1.82. The smallest absolute Gasteiger partial charge is 0.326 e. The number of nitrogens with zero attached hydrogens (tertiary/aromatic N) is 1. The van der Waals surface area contributed by atoms with Crippen molar-refractivity contribution in [2.45, 2.75) is 12.5 Å². The molecule has 0 spiro atoms. The molecule has 0 aliphatic rings. The van der Waals surface area contributed by atoms with Gasteiger partial charge in [0.15, 0.2) is 0 Å². The third kappa shape index (κ3) is 2.90. The number of aliphatic carboxylic acids is 1. The quantitative estimate of drug-likeness (QED) is 0.789. The van der Waals surface area contributed by atoms with E-state index in [1.807, 2.05) is 24.3 Å².